The lowest BCUT2D eigenvalue weighted by Gasteiger charge is -2.09. The van der Waals surface area contributed by atoms with E-state index < -0.39 is 0 Å². The fourth-order valence-corrected chi connectivity index (χ4v) is 1.78. The Labute approximate surface area is 115 Å². The van der Waals surface area contributed by atoms with Gasteiger partial charge in [-0.15, -0.1) is 0 Å². The van der Waals surface area contributed by atoms with Gasteiger partial charge in [-0.2, -0.15) is 0 Å². The van der Waals surface area contributed by atoms with Crippen LogP contribution in [-0.2, 0) is 6.54 Å². The van der Waals surface area contributed by atoms with Crippen molar-refractivity contribution in [2.45, 2.75) is 26.8 Å². The number of methoxy groups -OCH3 is 1. The van der Waals surface area contributed by atoms with Crippen LogP contribution in [0.2, 0.25) is 0 Å². The first-order valence-corrected chi connectivity index (χ1v) is 6.87. The summed E-state index contributed by atoms with van der Waals surface area (Å²) in [6.07, 6.45) is 1.07. The Balaban J connectivity index is 2.14. The lowest BCUT2D eigenvalue weighted by molar-refractivity contribution is 0.386. The summed E-state index contributed by atoms with van der Waals surface area (Å²) in [4.78, 5) is 0. The van der Waals surface area contributed by atoms with Gasteiger partial charge in [-0.25, -0.2) is 4.39 Å². The molecular formula is C15H25FN2O. The predicted octanol–water partition coefficient (Wildman–Crippen LogP) is 2.56. The van der Waals surface area contributed by atoms with Crippen molar-refractivity contribution in [1.29, 1.82) is 0 Å². The molecule has 3 nitrogen and oxygen atoms in total. The third-order valence-electron chi connectivity index (χ3n) is 2.81. The van der Waals surface area contributed by atoms with E-state index in [0.717, 1.165) is 31.6 Å². The van der Waals surface area contributed by atoms with Crippen LogP contribution in [0.1, 0.15) is 25.8 Å². The number of hydrogen-bond donors (Lipinski definition) is 2. The summed E-state index contributed by atoms with van der Waals surface area (Å²) >= 11 is 0. The molecule has 0 aromatic heterocycles. The summed E-state index contributed by atoms with van der Waals surface area (Å²) in [5.74, 6) is 0.678. The van der Waals surface area contributed by atoms with Crippen LogP contribution in [0.15, 0.2) is 18.2 Å². The molecule has 1 aromatic rings. The van der Waals surface area contributed by atoms with Gasteiger partial charge < -0.3 is 15.4 Å². The number of ether oxygens (including phenoxy) is 1. The summed E-state index contributed by atoms with van der Waals surface area (Å²) in [7, 11) is 1.47. The minimum absolute atomic E-state index is 0.293. The van der Waals surface area contributed by atoms with Crippen molar-refractivity contribution in [2.24, 2.45) is 5.92 Å². The first kappa shape index (κ1) is 15.9. The van der Waals surface area contributed by atoms with E-state index >= 15 is 0 Å². The molecule has 4 heteroatoms. The molecule has 0 saturated heterocycles. The third-order valence-corrected chi connectivity index (χ3v) is 2.81. The van der Waals surface area contributed by atoms with Crippen molar-refractivity contribution in [3.8, 4) is 5.75 Å². The highest BCUT2D eigenvalue weighted by Gasteiger charge is 2.02. The molecule has 0 saturated carbocycles. The number of benzene rings is 1. The Kier molecular flexibility index (Phi) is 7.45. The Morgan fingerprint density at radius 2 is 1.95 bits per heavy atom. The van der Waals surface area contributed by atoms with Crippen molar-refractivity contribution in [1.82, 2.24) is 10.6 Å². The average Bonchev–Trinajstić information content (AvgIpc) is 2.37. The third kappa shape index (κ3) is 6.55. The van der Waals surface area contributed by atoms with E-state index in [2.05, 4.69) is 24.5 Å². The summed E-state index contributed by atoms with van der Waals surface area (Å²) in [6, 6.07) is 5.06. The summed E-state index contributed by atoms with van der Waals surface area (Å²) in [5.41, 5.74) is 0.938. The molecule has 19 heavy (non-hydrogen) atoms. The molecule has 0 aliphatic rings. The predicted molar refractivity (Wildman–Crippen MR) is 77.0 cm³/mol. The molecule has 0 amide bonds. The van der Waals surface area contributed by atoms with Crippen molar-refractivity contribution in [2.75, 3.05) is 26.7 Å². The van der Waals surface area contributed by atoms with Crippen LogP contribution in [-0.4, -0.2) is 26.7 Å². The van der Waals surface area contributed by atoms with Crippen molar-refractivity contribution in [3.63, 3.8) is 0 Å². The summed E-state index contributed by atoms with van der Waals surface area (Å²) in [6.45, 7) is 8.09. The van der Waals surface area contributed by atoms with Gasteiger partial charge in [-0.05, 0) is 49.7 Å². The zero-order valence-electron chi connectivity index (χ0n) is 12.1. The standard InChI is InChI=1S/C15H25FN2O/c1-12(2)10-17-7-4-8-18-11-13-5-6-15(19-3)14(16)9-13/h5-6,9,12,17-18H,4,7-8,10-11H2,1-3H3. The van der Waals surface area contributed by atoms with E-state index in [-0.39, 0.29) is 5.82 Å². The number of nitrogens with one attached hydrogen (secondary N) is 2. The highest BCUT2D eigenvalue weighted by atomic mass is 19.1. The minimum atomic E-state index is -0.305. The van der Waals surface area contributed by atoms with Gasteiger partial charge in [0.2, 0.25) is 0 Å². The van der Waals surface area contributed by atoms with Crippen LogP contribution in [0.4, 0.5) is 4.39 Å². The SMILES string of the molecule is COc1ccc(CNCCCNCC(C)C)cc1F. The zero-order valence-corrected chi connectivity index (χ0v) is 12.1. The monoisotopic (exact) mass is 268 g/mol. The average molecular weight is 268 g/mol. The second-order valence-corrected chi connectivity index (χ2v) is 5.10. The Bertz CT molecular complexity index is 369. The van der Waals surface area contributed by atoms with Crippen LogP contribution in [0.3, 0.4) is 0 Å². The van der Waals surface area contributed by atoms with Crippen LogP contribution in [0.5, 0.6) is 5.75 Å². The smallest absolute Gasteiger partial charge is 0.165 e. The van der Waals surface area contributed by atoms with E-state index in [1.165, 1.54) is 13.2 Å². The number of hydrogen-bond acceptors (Lipinski definition) is 3. The quantitative estimate of drug-likeness (QED) is 0.675. The maximum absolute atomic E-state index is 13.4. The van der Waals surface area contributed by atoms with E-state index in [4.69, 9.17) is 4.74 Å². The molecule has 0 atom stereocenters. The first-order chi connectivity index (χ1) is 9.13. The highest BCUT2D eigenvalue weighted by Crippen LogP contribution is 2.17. The normalized spacial score (nSPS) is 11.0. The lowest BCUT2D eigenvalue weighted by Crippen LogP contribution is -2.24. The molecule has 0 bridgehead atoms. The van der Waals surface area contributed by atoms with Crippen LogP contribution < -0.4 is 15.4 Å². The molecule has 0 unspecified atom stereocenters. The molecule has 2 N–H and O–H groups in total. The fraction of sp³-hybridized carbons (Fsp3) is 0.600. The number of halogens is 1. The van der Waals surface area contributed by atoms with Crippen LogP contribution in [0, 0.1) is 11.7 Å². The second-order valence-electron chi connectivity index (χ2n) is 5.10. The van der Waals surface area contributed by atoms with Crippen LogP contribution in [0.25, 0.3) is 0 Å². The topological polar surface area (TPSA) is 33.3 Å². The molecule has 0 spiro atoms. The molecular weight excluding hydrogens is 243 g/mol. The molecule has 0 radical (unpaired) electrons. The van der Waals surface area contributed by atoms with E-state index in [0.29, 0.717) is 18.2 Å². The van der Waals surface area contributed by atoms with Crippen LogP contribution >= 0.6 is 0 Å². The highest BCUT2D eigenvalue weighted by molar-refractivity contribution is 5.29. The zero-order chi connectivity index (χ0) is 14.1. The molecule has 1 rings (SSSR count). The molecule has 0 aliphatic carbocycles. The minimum Gasteiger partial charge on any atom is -0.494 e. The second kappa shape index (κ2) is 8.88. The Morgan fingerprint density at radius 3 is 2.58 bits per heavy atom. The largest absolute Gasteiger partial charge is 0.494 e. The maximum Gasteiger partial charge on any atom is 0.165 e. The lowest BCUT2D eigenvalue weighted by atomic mass is 10.2. The maximum atomic E-state index is 13.4. The fourth-order valence-electron chi connectivity index (χ4n) is 1.78. The summed E-state index contributed by atoms with van der Waals surface area (Å²) < 4.78 is 18.3. The molecule has 0 heterocycles. The van der Waals surface area contributed by atoms with E-state index in [1.807, 2.05) is 6.07 Å². The van der Waals surface area contributed by atoms with E-state index in [1.54, 1.807) is 6.07 Å². The molecule has 0 fully saturated rings. The van der Waals surface area contributed by atoms with Gasteiger partial charge in [-0.1, -0.05) is 19.9 Å². The Hall–Kier alpha value is -1.13. The van der Waals surface area contributed by atoms with Gasteiger partial charge in [0.1, 0.15) is 0 Å². The molecule has 1 aromatic carbocycles. The molecule has 0 aliphatic heterocycles. The van der Waals surface area contributed by atoms with Gasteiger partial charge in [0, 0.05) is 6.54 Å². The van der Waals surface area contributed by atoms with Gasteiger partial charge in [0.05, 0.1) is 7.11 Å². The van der Waals surface area contributed by atoms with Gasteiger partial charge in [0.25, 0.3) is 0 Å². The van der Waals surface area contributed by atoms with Crippen molar-refractivity contribution >= 4 is 0 Å². The van der Waals surface area contributed by atoms with Crippen molar-refractivity contribution < 1.29 is 9.13 Å². The van der Waals surface area contributed by atoms with Gasteiger partial charge in [-0.3, -0.25) is 0 Å². The Morgan fingerprint density at radius 1 is 1.21 bits per heavy atom. The molecule has 108 valence electrons. The first-order valence-electron chi connectivity index (χ1n) is 6.87. The van der Waals surface area contributed by atoms with Gasteiger partial charge in [0.15, 0.2) is 11.6 Å². The van der Waals surface area contributed by atoms with E-state index in [9.17, 15) is 4.39 Å². The summed E-state index contributed by atoms with van der Waals surface area (Å²) in [5, 5.41) is 6.70. The van der Waals surface area contributed by atoms with Gasteiger partial charge >= 0.3 is 0 Å². The van der Waals surface area contributed by atoms with Crippen molar-refractivity contribution in [3.05, 3.63) is 29.6 Å². The number of rotatable bonds is 9.